The molecule has 0 aliphatic heterocycles. The van der Waals surface area contributed by atoms with Crippen LogP contribution in [0.15, 0.2) is 24.3 Å². The minimum absolute atomic E-state index is 0.285. The minimum Gasteiger partial charge on any atom is -0.481 e. The lowest BCUT2D eigenvalue weighted by Crippen LogP contribution is -2.25. The summed E-state index contributed by atoms with van der Waals surface area (Å²) < 4.78 is 13.0. The first-order valence-corrected chi connectivity index (χ1v) is 4.90. The highest BCUT2D eigenvalue weighted by Gasteiger charge is 2.67. The molecule has 1 aromatic carbocycles. The summed E-state index contributed by atoms with van der Waals surface area (Å²) in [6.07, 6.45) is 0.568. The molecule has 1 saturated carbocycles. The minimum atomic E-state index is -0.894. The van der Waals surface area contributed by atoms with Crippen LogP contribution in [-0.4, -0.2) is 11.1 Å². The fourth-order valence-corrected chi connectivity index (χ4v) is 2.35. The molecule has 15 heavy (non-hydrogen) atoms. The van der Waals surface area contributed by atoms with Gasteiger partial charge in [-0.3, -0.25) is 4.79 Å². The van der Waals surface area contributed by atoms with Crippen molar-refractivity contribution < 1.29 is 14.3 Å². The maximum Gasteiger partial charge on any atom is 0.314 e. The molecule has 80 valence electrons. The molecular formula is C12H13FO2. The predicted octanol–water partition coefficient (Wildman–Crippen LogP) is 2.58. The van der Waals surface area contributed by atoms with Crippen LogP contribution in [-0.2, 0) is 10.2 Å². The number of halogens is 1. The Morgan fingerprint density at radius 2 is 2.07 bits per heavy atom. The van der Waals surface area contributed by atoms with Crippen molar-refractivity contribution in [2.24, 2.45) is 5.41 Å². The number of benzene rings is 1. The molecule has 1 aliphatic rings. The van der Waals surface area contributed by atoms with E-state index in [4.69, 9.17) is 0 Å². The van der Waals surface area contributed by atoms with Gasteiger partial charge in [-0.1, -0.05) is 26.0 Å². The summed E-state index contributed by atoms with van der Waals surface area (Å²) in [7, 11) is 0. The SMILES string of the molecule is CC1(C)CC1(C(=O)O)c1cccc(F)c1. The number of carboxylic acids is 1. The predicted molar refractivity (Wildman–Crippen MR) is 54.1 cm³/mol. The summed E-state index contributed by atoms with van der Waals surface area (Å²) in [6, 6.07) is 5.90. The zero-order valence-corrected chi connectivity index (χ0v) is 8.75. The summed E-state index contributed by atoms with van der Waals surface area (Å²) in [5.41, 5.74) is -0.609. The average molecular weight is 208 g/mol. The van der Waals surface area contributed by atoms with Crippen LogP contribution in [0.1, 0.15) is 25.8 Å². The maximum absolute atomic E-state index is 13.0. The van der Waals surface area contributed by atoms with Gasteiger partial charge in [0.2, 0.25) is 0 Å². The van der Waals surface area contributed by atoms with Crippen LogP contribution in [0.5, 0.6) is 0 Å². The molecule has 0 saturated heterocycles. The quantitative estimate of drug-likeness (QED) is 0.811. The summed E-state index contributed by atoms with van der Waals surface area (Å²) in [5.74, 6) is -1.24. The van der Waals surface area contributed by atoms with E-state index in [0.29, 0.717) is 12.0 Å². The van der Waals surface area contributed by atoms with Crippen LogP contribution >= 0.6 is 0 Å². The normalized spacial score (nSPS) is 27.4. The molecule has 0 bridgehead atoms. The van der Waals surface area contributed by atoms with Gasteiger partial charge in [0, 0.05) is 0 Å². The third kappa shape index (κ3) is 1.26. The molecule has 0 aromatic heterocycles. The van der Waals surface area contributed by atoms with E-state index in [9.17, 15) is 14.3 Å². The zero-order valence-electron chi connectivity index (χ0n) is 8.75. The molecule has 1 aromatic rings. The summed E-state index contributed by atoms with van der Waals surface area (Å²) in [4.78, 5) is 11.3. The van der Waals surface area contributed by atoms with Gasteiger partial charge in [-0.25, -0.2) is 4.39 Å². The largest absolute Gasteiger partial charge is 0.481 e. The second kappa shape index (κ2) is 2.81. The molecule has 0 heterocycles. The second-order valence-electron chi connectivity index (χ2n) is 4.78. The molecule has 1 fully saturated rings. The number of rotatable bonds is 2. The highest BCUT2D eigenvalue weighted by molar-refractivity contribution is 5.87. The molecule has 0 amide bonds. The molecule has 2 rings (SSSR count). The fourth-order valence-electron chi connectivity index (χ4n) is 2.35. The van der Waals surface area contributed by atoms with Gasteiger partial charge in [0.15, 0.2) is 0 Å². The lowest BCUT2D eigenvalue weighted by molar-refractivity contribution is -0.141. The Balaban J connectivity index is 2.50. The first-order chi connectivity index (χ1) is 6.90. The zero-order chi connectivity index (χ0) is 11.3. The van der Waals surface area contributed by atoms with Gasteiger partial charge in [-0.2, -0.15) is 0 Å². The van der Waals surface area contributed by atoms with Crippen molar-refractivity contribution in [2.45, 2.75) is 25.7 Å². The van der Waals surface area contributed by atoms with Crippen molar-refractivity contribution in [1.82, 2.24) is 0 Å². The summed E-state index contributed by atoms with van der Waals surface area (Å²) in [6.45, 7) is 3.79. The van der Waals surface area contributed by atoms with Crippen molar-refractivity contribution in [3.05, 3.63) is 35.6 Å². The number of carbonyl (C=O) groups is 1. The Labute approximate surface area is 87.7 Å². The maximum atomic E-state index is 13.0. The first kappa shape index (κ1) is 10.1. The third-order valence-electron chi connectivity index (χ3n) is 3.42. The number of aliphatic carboxylic acids is 1. The Hall–Kier alpha value is -1.38. The summed E-state index contributed by atoms with van der Waals surface area (Å²) in [5, 5.41) is 9.26. The Bertz CT molecular complexity index is 425. The van der Waals surface area contributed by atoms with Gasteiger partial charge in [-0.15, -0.1) is 0 Å². The highest BCUT2D eigenvalue weighted by atomic mass is 19.1. The molecule has 2 nitrogen and oxygen atoms in total. The lowest BCUT2D eigenvalue weighted by atomic mass is 9.88. The fraction of sp³-hybridized carbons (Fsp3) is 0.417. The van der Waals surface area contributed by atoms with E-state index < -0.39 is 11.4 Å². The number of hydrogen-bond donors (Lipinski definition) is 1. The molecule has 1 aliphatic carbocycles. The topological polar surface area (TPSA) is 37.3 Å². The molecule has 0 radical (unpaired) electrons. The van der Waals surface area contributed by atoms with Crippen LogP contribution in [0.25, 0.3) is 0 Å². The van der Waals surface area contributed by atoms with E-state index in [1.165, 1.54) is 12.1 Å². The molecule has 1 atom stereocenters. The molecule has 1 unspecified atom stereocenters. The van der Waals surface area contributed by atoms with Gasteiger partial charge in [0.25, 0.3) is 0 Å². The number of hydrogen-bond acceptors (Lipinski definition) is 1. The van der Waals surface area contributed by atoms with E-state index in [1.807, 2.05) is 13.8 Å². The van der Waals surface area contributed by atoms with E-state index in [2.05, 4.69) is 0 Å². The van der Waals surface area contributed by atoms with Gasteiger partial charge < -0.3 is 5.11 Å². The van der Waals surface area contributed by atoms with Crippen LogP contribution < -0.4 is 0 Å². The highest BCUT2D eigenvalue weighted by Crippen LogP contribution is 2.64. The van der Waals surface area contributed by atoms with Crippen molar-refractivity contribution in [2.75, 3.05) is 0 Å². The Morgan fingerprint density at radius 1 is 1.47 bits per heavy atom. The molecule has 3 heteroatoms. The number of carboxylic acid groups (broad SMARTS) is 1. The van der Waals surface area contributed by atoms with Gasteiger partial charge in [0.05, 0.1) is 5.41 Å². The molecule has 1 N–H and O–H groups in total. The molecule has 0 spiro atoms. The van der Waals surface area contributed by atoms with Crippen LogP contribution in [0.3, 0.4) is 0 Å². The van der Waals surface area contributed by atoms with Gasteiger partial charge in [0.1, 0.15) is 5.82 Å². The first-order valence-electron chi connectivity index (χ1n) is 4.90. The Kier molecular flexibility index (Phi) is 1.90. The van der Waals surface area contributed by atoms with Crippen LogP contribution in [0.2, 0.25) is 0 Å². The lowest BCUT2D eigenvalue weighted by Gasteiger charge is -2.15. The van der Waals surface area contributed by atoms with Crippen molar-refractivity contribution >= 4 is 5.97 Å². The second-order valence-corrected chi connectivity index (χ2v) is 4.78. The van der Waals surface area contributed by atoms with E-state index in [-0.39, 0.29) is 11.2 Å². The smallest absolute Gasteiger partial charge is 0.314 e. The monoisotopic (exact) mass is 208 g/mol. The van der Waals surface area contributed by atoms with Crippen molar-refractivity contribution in [1.29, 1.82) is 0 Å². The average Bonchev–Trinajstić information content (AvgIpc) is 2.71. The standard InChI is InChI=1S/C12H13FO2/c1-11(2)7-12(11,10(14)15)8-4-3-5-9(13)6-8/h3-6H,7H2,1-2H3,(H,14,15). The summed E-state index contributed by atoms with van der Waals surface area (Å²) >= 11 is 0. The van der Waals surface area contributed by atoms with E-state index >= 15 is 0 Å². The van der Waals surface area contributed by atoms with Crippen molar-refractivity contribution in [3.63, 3.8) is 0 Å². The van der Waals surface area contributed by atoms with Crippen LogP contribution in [0, 0.1) is 11.2 Å². The Morgan fingerprint density at radius 3 is 2.47 bits per heavy atom. The van der Waals surface area contributed by atoms with Crippen LogP contribution in [0.4, 0.5) is 4.39 Å². The molecular weight excluding hydrogens is 195 g/mol. The van der Waals surface area contributed by atoms with E-state index in [1.54, 1.807) is 12.1 Å². The van der Waals surface area contributed by atoms with Crippen molar-refractivity contribution in [3.8, 4) is 0 Å². The van der Waals surface area contributed by atoms with E-state index in [0.717, 1.165) is 0 Å². The van der Waals surface area contributed by atoms with Gasteiger partial charge in [-0.05, 0) is 29.5 Å². The van der Waals surface area contributed by atoms with Gasteiger partial charge >= 0.3 is 5.97 Å². The third-order valence-corrected chi connectivity index (χ3v) is 3.42.